The maximum atomic E-state index is 4.62. The lowest BCUT2D eigenvalue weighted by Gasteiger charge is -2.26. The van der Waals surface area contributed by atoms with E-state index in [-0.39, 0.29) is 0 Å². The predicted octanol–water partition coefficient (Wildman–Crippen LogP) is 2.43. The highest BCUT2D eigenvalue weighted by molar-refractivity contribution is 8.14. The van der Waals surface area contributed by atoms with Crippen molar-refractivity contribution < 1.29 is 0 Å². The largest absolute Gasteiger partial charge is 0.361 e. The number of rotatable bonds is 6. The molecular weight excluding hydrogens is 230 g/mol. The molecule has 2 atom stereocenters. The Labute approximate surface area is 110 Å². The van der Waals surface area contributed by atoms with Crippen molar-refractivity contribution in [3.63, 3.8) is 0 Å². The molecular formula is C13H27N3S. The molecule has 2 unspecified atom stereocenters. The number of hydrogen-bond acceptors (Lipinski definition) is 4. The van der Waals surface area contributed by atoms with E-state index in [1.54, 1.807) is 0 Å². The van der Waals surface area contributed by atoms with Crippen molar-refractivity contribution >= 4 is 16.9 Å². The summed E-state index contributed by atoms with van der Waals surface area (Å²) in [4.78, 5) is 6.85. The van der Waals surface area contributed by atoms with Crippen molar-refractivity contribution in [2.45, 2.75) is 44.9 Å². The second-order valence-electron chi connectivity index (χ2n) is 5.43. The lowest BCUT2D eigenvalue weighted by atomic mass is 10.0. The van der Waals surface area contributed by atoms with E-state index in [1.165, 1.54) is 12.8 Å². The molecule has 0 amide bonds. The molecule has 0 bridgehead atoms. The highest BCUT2D eigenvalue weighted by atomic mass is 32.2. The average molecular weight is 257 g/mol. The summed E-state index contributed by atoms with van der Waals surface area (Å²) in [6, 6.07) is 0.497. The highest BCUT2D eigenvalue weighted by Crippen LogP contribution is 2.24. The summed E-state index contributed by atoms with van der Waals surface area (Å²) < 4.78 is 0. The zero-order valence-corrected chi connectivity index (χ0v) is 12.7. The van der Waals surface area contributed by atoms with Crippen LogP contribution in [-0.4, -0.2) is 48.5 Å². The van der Waals surface area contributed by atoms with Gasteiger partial charge in [-0.2, -0.15) is 0 Å². The van der Waals surface area contributed by atoms with Gasteiger partial charge in [-0.25, -0.2) is 0 Å². The Kier molecular flexibility index (Phi) is 6.34. The number of amidine groups is 1. The molecule has 0 aromatic heterocycles. The van der Waals surface area contributed by atoms with Crippen LogP contribution >= 0.6 is 11.8 Å². The van der Waals surface area contributed by atoms with Gasteiger partial charge in [0, 0.05) is 17.8 Å². The molecule has 1 N–H and O–H groups in total. The van der Waals surface area contributed by atoms with Crippen molar-refractivity contribution in [1.29, 1.82) is 0 Å². The third-order valence-electron chi connectivity index (χ3n) is 3.00. The minimum Gasteiger partial charge on any atom is -0.361 e. The van der Waals surface area contributed by atoms with E-state index in [4.69, 9.17) is 0 Å². The number of likely N-dealkylation sites (N-methyl/N-ethyl adjacent to an activating group) is 1. The first kappa shape index (κ1) is 14.8. The molecule has 1 aliphatic rings. The van der Waals surface area contributed by atoms with Crippen LogP contribution in [0.1, 0.15) is 33.6 Å². The monoisotopic (exact) mass is 257 g/mol. The molecule has 0 saturated carbocycles. The van der Waals surface area contributed by atoms with Crippen LogP contribution in [-0.2, 0) is 0 Å². The van der Waals surface area contributed by atoms with Gasteiger partial charge in [0.05, 0.1) is 6.54 Å². The molecule has 1 aliphatic heterocycles. The summed E-state index contributed by atoms with van der Waals surface area (Å²) in [5.74, 6) is 0.630. The van der Waals surface area contributed by atoms with E-state index in [2.05, 4.69) is 50.1 Å². The van der Waals surface area contributed by atoms with E-state index < -0.39 is 0 Å². The summed E-state index contributed by atoms with van der Waals surface area (Å²) in [6.45, 7) is 8.84. The van der Waals surface area contributed by atoms with E-state index in [0.717, 1.165) is 18.3 Å². The molecule has 0 fully saturated rings. The zero-order chi connectivity index (χ0) is 12.8. The second kappa shape index (κ2) is 7.27. The molecule has 0 spiro atoms. The van der Waals surface area contributed by atoms with Crippen LogP contribution in [0.2, 0.25) is 0 Å². The quantitative estimate of drug-likeness (QED) is 0.792. The minimum absolute atomic E-state index is 0.497. The van der Waals surface area contributed by atoms with Gasteiger partial charge in [-0.1, -0.05) is 39.0 Å². The van der Waals surface area contributed by atoms with Crippen molar-refractivity contribution in [3.05, 3.63) is 0 Å². The van der Waals surface area contributed by atoms with Gasteiger partial charge in [-0.05, 0) is 26.4 Å². The van der Waals surface area contributed by atoms with Gasteiger partial charge in [0.15, 0.2) is 5.17 Å². The molecule has 0 aliphatic carbocycles. The molecule has 100 valence electrons. The Balaban J connectivity index is 2.41. The summed E-state index contributed by atoms with van der Waals surface area (Å²) in [5, 5.41) is 5.47. The standard InChI is InChI=1S/C13H27N3S/c1-6-7-11-8-14-13(17-11)15-12(10(2)3)9-16(4)5/h10-12H,6-9H2,1-5H3,(H,14,15). The Bertz CT molecular complexity index is 251. The van der Waals surface area contributed by atoms with E-state index in [9.17, 15) is 0 Å². The number of aliphatic imine (C=N–C) groups is 1. The third kappa shape index (κ3) is 5.30. The smallest absolute Gasteiger partial charge is 0.157 e. The molecule has 1 heterocycles. The number of hydrogen-bond donors (Lipinski definition) is 1. The first-order valence-corrected chi connectivity index (χ1v) is 7.53. The van der Waals surface area contributed by atoms with Crippen LogP contribution in [0.25, 0.3) is 0 Å². The Morgan fingerprint density at radius 3 is 2.71 bits per heavy atom. The van der Waals surface area contributed by atoms with Crippen LogP contribution in [0.4, 0.5) is 0 Å². The molecule has 3 nitrogen and oxygen atoms in total. The van der Waals surface area contributed by atoms with E-state index in [0.29, 0.717) is 17.2 Å². The van der Waals surface area contributed by atoms with Gasteiger partial charge in [-0.15, -0.1) is 0 Å². The van der Waals surface area contributed by atoms with Crippen LogP contribution < -0.4 is 5.32 Å². The maximum Gasteiger partial charge on any atom is 0.157 e. The minimum atomic E-state index is 0.497. The predicted molar refractivity (Wildman–Crippen MR) is 78.9 cm³/mol. The molecule has 0 aromatic rings. The fourth-order valence-electron chi connectivity index (χ4n) is 1.94. The Hall–Kier alpha value is -0.220. The van der Waals surface area contributed by atoms with Crippen molar-refractivity contribution in [2.75, 3.05) is 27.2 Å². The molecule has 0 radical (unpaired) electrons. The van der Waals surface area contributed by atoms with E-state index in [1.807, 2.05) is 11.8 Å². The Morgan fingerprint density at radius 2 is 2.18 bits per heavy atom. The van der Waals surface area contributed by atoms with Gasteiger partial charge in [0.25, 0.3) is 0 Å². The fraction of sp³-hybridized carbons (Fsp3) is 0.923. The zero-order valence-electron chi connectivity index (χ0n) is 11.9. The van der Waals surface area contributed by atoms with Crippen LogP contribution in [0, 0.1) is 5.92 Å². The van der Waals surface area contributed by atoms with Gasteiger partial charge in [0.1, 0.15) is 0 Å². The highest BCUT2D eigenvalue weighted by Gasteiger charge is 2.22. The Morgan fingerprint density at radius 1 is 1.47 bits per heavy atom. The fourth-order valence-corrected chi connectivity index (χ4v) is 3.13. The summed E-state index contributed by atoms with van der Waals surface area (Å²) in [7, 11) is 4.25. The third-order valence-corrected chi connectivity index (χ3v) is 4.19. The lowest BCUT2D eigenvalue weighted by Crippen LogP contribution is -2.43. The van der Waals surface area contributed by atoms with Crippen molar-refractivity contribution in [1.82, 2.24) is 10.2 Å². The van der Waals surface area contributed by atoms with Gasteiger partial charge in [-0.3, -0.25) is 4.99 Å². The molecule has 17 heavy (non-hydrogen) atoms. The van der Waals surface area contributed by atoms with Gasteiger partial charge < -0.3 is 10.2 Å². The number of nitrogens with zero attached hydrogens (tertiary/aromatic N) is 2. The average Bonchev–Trinajstić information content (AvgIpc) is 2.64. The molecule has 4 heteroatoms. The summed E-state index contributed by atoms with van der Waals surface area (Å²) in [5.41, 5.74) is 0. The number of nitrogens with one attached hydrogen (secondary N) is 1. The topological polar surface area (TPSA) is 27.6 Å². The first-order chi connectivity index (χ1) is 8.02. The van der Waals surface area contributed by atoms with Crippen LogP contribution in [0.3, 0.4) is 0 Å². The molecule has 0 aromatic carbocycles. The summed E-state index contributed by atoms with van der Waals surface area (Å²) in [6.07, 6.45) is 2.53. The van der Waals surface area contributed by atoms with Crippen LogP contribution in [0.15, 0.2) is 4.99 Å². The molecule has 0 saturated heterocycles. The van der Waals surface area contributed by atoms with Crippen molar-refractivity contribution in [2.24, 2.45) is 10.9 Å². The maximum absolute atomic E-state index is 4.62. The van der Waals surface area contributed by atoms with Crippen LogP contribution in [0.5, 0.6) is 0 Å². The normalized spacial score (nSPS) is 22.1. The SMILES string of the molecule is CCCC1CN=C(NC(CN(C)C)C(C)C)S1. The lowest BCUT2D eigenvalue weighted by molar-refractivity contribution is 0.314. The first-order valence-electron chi connectivity index (χ1n) is 6.65. The second-order valence-corrected chi connectivity index (χ2v) is 6.72. The number of thioether (sulfide) groups is 1. The summed E-state index contributed by atoms with van der Waals surface area (Å²) >= 11 is 1.93. The molecule has 1 rings (SSSR count). The van der Waals surface area contributed by atoms with E-state index >= 15 is 0 Å². The van der Waals surface area contributed by atoms with Crippen molar-refractivity contribution in [3.8, 4) is 0 Å². The van der Waals surface area contributed by atoms with Gasteiger partial charge >= 0.3 is 0 Å². The van der Waals surface area contributed by atoms with Gasteiger partial charge in [0.2, 0.25) is 0 Å².